The maximum absolute atomic E-state index is 3.26. The Bertz CT molecular complexity index is 266. The molecular weight excluding hydrogens is 180 g/mol. The van der Waals surface area contributed by atoms with Crippen LogP contribution in [0.2, 0.25) is 0 Å². The van der Waals surface area contributed by atoms with Gasteiger partial charge in [0.1, 0.15) is 0 Å². The molecule has 0 bridgehead atoms. The van der Waals surface area contributed by atoms with Gasteiger partial charge in [0.15, 0.2) is 0 Å². The molecule has 1 rings (SSSR count). The average Bonchev–Trinajstić information content (AvgIpc) is 2.87. The Morgan fingerprint density at radius 3 is 2.47 bits per heavy atom. The third kappa shape index (κ3) is 2.55. The molecule has 1 fully saturated rings. The Balaban J connectivity index is 2.71. The Labute approximate surface area is 95.5 Å². The monoisotopic (exact) mass is 206 g/mol. The normalized spacial score (nSPS) is 31.7. The molecule has 0 N–H and O–H groups in total. The van der Waals surface area contributed by atoms with Crippen molar-refractivity contribution in [2.24, 2.45) is 29.1 Å². The van der Waals surface area contributed by atoms with Gasteiger partial charge in [0.2, 0.25) is 0 Å². The fraction of sp³-hybridized carbons (Fsp3) is 0.800. The average molecular weight is 206 g/mol. The van der Waals surface area contributed by atoms with Crippen molar-refractivity contribution in [1.82, 2.24) is 0 Å². The summed E-state index contributed by atoms with van der Waals surface area (Å²) in [7, 11) is 0. The molecule has 0 heteroatoms. The van der Waals surface area contributed by atoms with E-state index in [1.54, 1.807) is 0 Å². The molecule has 0 aromatic carbocycles. The van der Waals surface area contributed by atoms with Crippen LogP contribution in [-0.4, -0.2) is 0 Å². The summed E-state index contributed by atoms with van der Waals surface area (Å²) < 4.78 is 0. The van der Waals surface area contributed by atoms with Crippen LogP contribution in [0.15, 0.2) is 17.9 Å². The summed E-state index contributed by atoms with van der Waals surface area (Å²) in [5, 5.41) is 0. The van der Waals surface area contributed by atoms with Gasteiger partial charge in [0.05, 0.1) is 0 Å². The first-order valence-electron chi connectivity index (χ1n) is 6.34. The Morgan fingerprint density at radius 1 is 1.40 bits per heavy atom. The highest BCUT2D eigenvalue weighted by Gasteiger charge is 2.55. The molecule has 1 saturated carbocycles. The zero-order chi connectivity index (χ0) is 11.6. The van der Waals surface area contributed by atoms with Gasteiger partial charge in [-0.2, -0.15) is 0 Å². The smallest absolute Gasteiger partial charge is 0.00654 e. The third-order valence-corrected chi connectivity index (χ3v) is 4.23. The molecule has 1 aliphatic carbocycles. The van der Waals surface area contributed by atoms with Crippen molar-refractivity contribution in [2.75, 3.05) is 0 Å². The largest absolute Gasteiger partial charge is 0.129 e. The van der Waals surface area contributed by atoms with E-state index in [1.807, 2.05) is 13.0 Å². The lowest BCUT2D eigenvalue weighted by Crippen LogP contribution is -2.13. The van der Waals surface area contributed by atoms with Crippen molar-refractivity contribution in [3.8, 4) is 0 Å². The van der Waals surface area contributed by atoms with Gasteiger partial charge >= 0.3 is 0 Å². The van der Waals surface area contributed by atoms with Crippen LogP contribution < -0.4 is 0 Å². The zero-order valence-corrected chi connectivity index (χ0v) is 11.2. The molecule has 0 aromatic heterocycles. The molecule has 86 valence electrons. The van der Waals surface area contributed by atoms with E-state index >= 15 is 0 Å². The van der Waals surface area contributed by atoms with Crippen molar-refractivity contribution in [2.45, 2.75) is 48.0 Å². The Hall–Kier alpha value is -0.480. The number of hydrogen-bond donors (Lipinski definition) is 0. The molecule has 0 heterocycles. The number of allylic oxidation sites excluding steroid dienone is 1. The summed E-state index contributed by atoms with van der Waals surface area (Å²) in [6.07, 6.45) is 5.58. The van der Waals surface area contributed by atoms with E-state index in [-0.39, 0.29) is 0 Å². The summed E-state index contributed by atoms with van der Waals surface area (Å²) in [5.74, 6) is 3.56. The second-order valence-electron chi connectivity index (χ2n) is 5.77. The molecule has 0 nitrogen and oxygen atoms in total. The molecule has 0 saturated heterocycles. The van der Waals surface area contributed by atoms with Crippen LogP contribution in [-0.2, 0) is 0 Å². The van der Waals surface area contributed by atoms with Crippen molar-refractivity contribution in [3.63, 3.8) is 0 Å². The van der Waals surface area contributed by atoms with Gasteiger partial charge < -0.3 is 0 Å². The highest BCUT2D eigenvalue weighted by molar-refractivity contribution is 5.10. The first-order valence-corrected chi connectivity index (χ1v) is 6.34. The van der Waals surface area contributed by atoms with Gasteiger partial charge in [-0.1, -0.05) is 41.0 Å². The lowest BCUT2D eigenvalue weighted by molar-refractivity contribution is 0.340. The summed E-state index contributed by atoms with van der Waals surface area (Å²) in [5.41, 5.74) is 3.58. The lowest BCUT2D eigenvalue weighted by atomic mass is 9.83. The van der Waals surface area contributed by atoms with Gasteiger partial charge in [-0.15, -0.1) is 5.73 Å². The molecule has 0 aliphatic heterocycles. The summed E-state index contributed by atoms with van der Waals surface area (Å²) in [6.45, 7) is 13.9. The minimum Gasteiger partial charge on any atom is -0.129 e. The van der Waals surface area contributed by atoms with Crippen LogP contribution in [0.3, 0.4) is 0 Å². The van der Waals surface area contributed by atoms with Crippen molar-refractivity contribution < 1.29 is 0 Å². The van der Waals surface area contributed by atoms with Gasteiger partial charge in [-0.05, 0) is 48.2 Å². The molecule has 0 radical (unpaired) electrons. The standard InChI is InChI=1S/C15H26/c1-7-9-10-15(5,6)14-12(4)13(14)11(3)8-2/h7,10-14H,8H2,1-6H3. The molecule has 1 aliphatic rings. The predicted octanol–water partition coefficient (Wildman–Crippen LogP) is 4.67. The van der Waals surface area contributed by atoms with Crippen molar-refractivity contribution in [3.05, 3.63) is 17.9 Å². The Morgan fingerprint density at radius 2 is 2.00 bits per heavy atom. The van der Waals surface area contributed by atoms with Crippen molar-refractivity contribution in [1.29, 1.82) is 0 Å². The molecule has 0 spiro atoms. The first kappa shape index (κ1) is 12.6. The molecular formula is C15H26. The van der Waals surface area contributed by atoms with Crippen LogP contribution >= 0.6 is 0 Å². The molecule has 0 aromatic rings. The maximum Gasteiger partial charge on any atom is -0.00654 e. The second kappa shape index (κ2) is 4.58. The molecule has 4 unspecified atom stereocenters. The van der Waals surface area contributed by atoms with E-state index in [1.165, 1.54) is 6.42 Å². The van der Waals surface area contributed by atoms with Crippen LogP contribution in [0.25, 0.3) is 0 Å². The molecule has 0 amide bonds. The fourth-order valence-electron chi connectivity index (χ4n) is 3.21. The number of hydrogen-bond acceptors (Lipinski definition) is 0. The minimum atomic E-state index is 0.319. The van der Waals surface area contributed by atoms with E-state index in [9.17, 15) is 0 Å². The predicted molar refractivity (Wildman–Crippen MR) is 67.7 cm³/mol. The van der Waals surface area contributed by atoms with E-state index in [4.69, 9.17) is 0 Å². The lowest BCUT2D eigenvalue weighted by Gasteiger charge is -2.21. The van der Waals surface area contributed by atoms with Gasteiger partial charge in [-0.25, -0.2) is 0 Å². The van der Waals surface area contributed by atoms with Crippen LogP contribution in [0.4, 0.5) is 0 Å². The SMILES string of the molecule is CC=C=CC(C)(C)C1C(C)C1C(C)CC. The van der Waals surface area contributed by atoms with E-state index < -0.39 is 0 Å². The highest BCUT2D eigenvalue weighted by Crippen LogP contribution is 2.60. The van der Waals surface area contributed by atoms with Crippen molar-refractivity contribution >= 4 is 0 Å². The van der Waals surface area contributed by atoms with E-state index in [2.05, 4.69) is 46.4 Å². The zero-order valence-electron chi connectivity index (χ0n) is 11.2. The van der Waals surface area contributed by atoms with Gasteiger partial charge in [0.25, 0.3) is 0 Å². The topological polar surface area (TPSA) is 0 Å². The van der Waals surface area contributed by atoms with E-state index in [0.717, 1.165) is 23.7 Å². The van der Waals surface area contributed by atoms with Crippen LogP contribution in [0.5, 0.6) is 0 Å². The third-order valence-electron chi connectivity index (χ3n) is 4.23. The molecule has 4 atom stereocenters. The van der Waals surface area contributed by atoms with E-state index in [0.29, 0.717) is 5.41 Å². The van der Waals surface area contributed by atoms with Crippen LogP contribution in [0.1, 0.15) is 48.0 Å². The quantitative estimate of drug-likeness (QED) is 0.586. The summed E-state index contributed by atoms with van der Waals surface area (Å²) in [4.78, 5) is 0. The number of rotatable bonds is 4. The van der Waals surface area contributed by atoms with Crippen LogP contribution in [0, 0.1) is 29.1 Å². The second-order valence-corrected chi connectivity index (χ2v) is 5.77. The fourth-order valence-corrected chi connectivity index (χ4v) is 3.21. The van der Waals surface area contributed by atoms with Gasteiger partial charge in [0, 0.05) is 0 Å². The maximum atomic E-state index is 3.26. The minimum absolute atomic E-state index is 0.319. The van der Waals surface area contributed by atoms with Gasteiger partial charge in [-0.3, -0.25) is 0 Å². The highest BCUT2D eigenvalue weighted by atomic mass is 14.6. The summed E-state index contributed by atoms with van der Waals surface area (Å²) >= 11 is 0. The first-order chi connectivity index (χ1) is 6.95. The molecule has 15 heavy (non-hydrogen) atoms. The summed E-state index contributed by atoms with van der Waals surface area (Å²) in [6, 6.07) is 0. The Kier molecular flexibility index (Phi) is 3.84.